The second-order valence-corrected chi connectivity index (χ2v) is 3.79. The molecule has 0 unspecified atom stereocenters. The van der Waals surface area contributed by atoms with Crippen LogP contribution >= 0.6 is 0 Å². The monoisotopic (exact) mass is 254 g/mol. The first kappa shape index (κ1) is 14.1. The SMILES string of the molecule is NCCCCC(=O)Nc1ccc(C(=O)O)c(F)c1. The van der Waals surface area contributed by atoms with Crippen molar-refractivity contribution in [1.29, 1.82) is 0 Å². The van der Waals surface area contributed by atoms with E-state index in [1.807, 2.05) is 0 Å². The van der Waals surface area contributed by atoms with Gasteiger partial charge < -0.3 is 16.2 Å². The lowest BCUT2D eigenvalue weighted by molar-refractivity contribution is -0.116. The number of nitrogens with two attached hydrogens (primary N) is 1. The number of carboxylic acids is 1. The van der Waals surface area contributed by atoms with E-state index < -0.39 is 17.3 Å². The van der Waals surface area contributed by atoms with Crippen LogP contribution in [0.2, 0.25) is 0 Å². The average Bonchev–Trinajstić information content (AvgIpc) is 2.28. The smallest absolute Gasteiger partial charge is 0.338 e. The molecule has 1 amide bonds. The minimum absolute atomic E-state index is 0.245. The van der Waals surface area contributed by atoms with Crippen molar-refractivity contribution in [3.05, 3.63) is 29.6 Å². The Bertz CT molecular complexity index is 449. The highest BCUT2D eigenvalue weighted by Gasteiger charge is 2.11. The van der Waals surface area contributed by atoms with Crippen LogP contribution in [-0.2, 0) is 4.79 Å². The zero-order valence-electron chi connectivity index (χ0n) is 9.78. The number of nitrogens with one attached hydrogen (secondary N) is 1. The fraction of sp³-hybridized carbons (Fsp3) is 0.333. The van der Waals surface area contributed by atoms with E-state index in [4.69, 9.17) is 10.8 Å². The molecule has 0 bridgehead atoms. The summed E-state index contributed by atoms with van der Waals surface area (Å²) in [5.41, 5.74) is 5.12. The van der Waals surface area contributed by atoms with Gasteiger partial charge in [0.2, 0.25) is 5.91 Å². The molecule has 6 heteroatoms. The van der Waals surface area contributed by atoms with Gasteiger partial charge in [0, 0.05) is 12.1 Å². The van der Waals surface area contributed by atoms with E-state index in [0.29, 0.717) is 19.4 Å². The number of amides is 1. The van der Waals surface area contributed by atoms with Crippen molar-refractivity contribution in [3.8, 4) is 0 Å². The van der Waals surface area contributed by atoms with Gasteiger partial charge in [0.25, 0.3) is 0 Å². The molecule has 5 nitrogen and oxygen atoms in total. The normalized spacial score (nSPS) is 10.1. The van der Waals surface area contributed by atoms with Crippen LogP contribution < -0.4 is 11.1 Å². The van der Waals surface area contributed by atoms with Crippen LogP contribution in [0, 0.1) is 5.82 Å². The van der Waals surface area contributed by atoms with Crippen molar-refractivity contribution in [2.45, 2.75) is 19.3 Å². The first-order valence-electron chi connectivity index (χ1n) is 5.57. The Morgan fingerprint density at radius 3 is 2.61 bits per heavy atom. The van der Waals surface area contributed by atoms with Crippen molar-refractivity contribution in [2.24, 2.45) is 5.73 Å². The number of benzene rings is 1. The maximum atomic E-state index is 13.3. The molecule has 0 fully saturated rings. The third kappa shape index (κ3) is 4.14. The Labute approximate surface area is 104 Å². The average molecular weight is 254 g/mol. The largest absolute Gasteiger partial charge is 0.478 e. The standard InChI is InChI=1S/C12H15FN2O3/c13-10-7-8(4-5-9(10)12(17)18)15-11(16)3-1-2-6-14/h4-5,7H,1-3,6,14H2,(H,15,16)(H,17,18). The van der Waals surface area contributed by atoms with Crippen LogP contribution in [0.5, 0.6) is 0 Å². The molecule has 98 valence electrons. The summed E-state index contributed by atoms with van der Waals surface area (Å²) in [4.78, 5) is 22.0. The highest BCUT2D eigenvalue weighted by Crippen LogP contribution is 2.15. The Morgan fingerprint density at radius 2 is 2.06 bits per heavy atom. The van der Waals surface area contributed by atoms with Gasteiger partial charge in [-0.3, -0.25) is 4.79 Å². The van der Waals surface area contributed by atoms with Crippen LogP contribution in [0.4, 0.5) is 10.1 Å². The number of hydrogen-bond acceptors (Lipinski definition) is 3. The second kappa shape index (κ2) is 6.70. The molecule has 0 saturated heterocycles. The van der Waals surface area contributed by atoms with E-state index in [9.17, 15) is 14.0 Å². The van der Waals surface area contributed by atoms with Crippen LogP contribution in [0.1, 0.15) is 29.6 Å². The fourth-order valence-electron chi connectivity index (χ4n) is 1.42. The minimum Gasteiger partial charge on any atom is -0.478 e. The summed E-state index contributed by atoms with van der Waals surface area (Å²) in [5, 5.41) is 11.1. The van der Waals surface area contributed by atoms with Crippen LogP contribution in [0.25, 0.3) is 0 Å². The molecule has 0 aliphatic rings. The maximum Gasteiger partial charge on any atom is 0.338 e. The summed E-state index contributed by atoms with van der Waals surface area (Å²) in [6.45, 7) is 0.523. The Morgan fingerprint density at radius 1 is 1.33 bits per heavy atom. The number of aromatic carboxylic acids is 1. The molecule has 1 aromatic rings. The lowest BCUT2D eigenvalue weighted by atomic mass is 10.2. The fourth-order valence-corrected chi connectivity index (χ4v) is 1.42. The van der Waals surface area contributed by atoms with Crippen LogP contribution in [0.3, 0.4) is 0 Å². The summed E-state index contributed by atoms with van der Waals surface area (Å²) < 4.78 is 13.3. The molecular formula is C12H15FN2O3. The lowest BCUT2D eigenvalue weighted by Crippen LogP contribution is -2.12. The summed E-state index contributed by atoms with van der Waals surface area (Å²) >= 11 is 0. The van der Waals surface area contributed by atoms with E-state index in [1.54, 1.807) is 0 Å². The van der Waals surface area contributed by atoms with Crippen molar-refractivity contribution >= 4 is 17.6 Å². The number of carbonyl (C=O) groups excluding carboxylic acids is 1. The van der Waals surface area contributed by atoms with Gasteiger partial charge in [-0.2, -0.15) is 0 Å². The molecule has 0 heterocycles. The summed E-state index contributed by atoms with van der Waals surface area (Å²) in [6, 6.07) is 3.46. The molecule has 18 heavy (non-hydrogen) atoms. The zero-order chi connectivity index (χ0) is 13.5. The maximum absolute atomic E-state index is 13.3. The van der Waals surface area contributed by atoms with Gasteiger partial charge in [-0.1, -0.05) is 0 Å². The van der Waals surface area contributed by atoms with Gasteiger partial charge in [0.05, 0.1) is 5.56 Å². The molecule has 0 aliphatic carbocycles. The van der Waals surface area contributed by atoms with Crippen molar-refractivity contribution in [2.75, 3.05) is 11.9 Å². The topological polar surface area (TPSA) is 92.4 Å². The Kier molecular flexibility index (Phi) is 5.26. The number of carboxylic acid groups (broad SMARTS) is 1. The first-order chi connectivity index (χ1) is 8.54. The third-order valence-electron chi connectivity index (χ3n) is 2.34. The third-order valence-corrected chi connectivity index (χ3v) is 2.34. The van der Waals surface area contributed by atoms with E-state index in [-0.39, 0.29) is 11.6 Å². The summed E-state index contributed by atoms with van der Waals surface area (Å²) in [7, 11) is 0. The van der Waals surface area contributed by atoms with Crippen LogP contribution in [-0.4, -0.2) is 23.5 Å². The number of anilines is 1. The Hall–Kier alpha value is -1.95. The van der Waals surface area contributed by atoms with E-state index in [1.165, 1.54) is 6.07 Å². The molecule has 4 N–H and O–H groups in total. The zero-order valence-corrected chi connectivity index (χ0v) is 9.78. The van der Waals surface area contributed by atoms with Gasteiger partial charge in [0.1, 0.15) is 5.82 Å². The van der Waals surface area contributed by atoms with Crippen molar-refractivity contribution in [1.82, 2.24) is 0 Å². The number of rotatable bonds is 6. The minimum atomic E-state index is -1.34. The van der Waals surface area contributed by atoms with Gasteiger partial charge >= 0.3 is 5.97 Å². The molecule has 0 saturated carbocycles. The Balaban J connectivity index is 2.60. The van der Waals surface area contributed by atoms with Crippen molar-refractivity contribution < 1.29 is 19.1 Å². The molecule has 0 radical (unpaired) electrons. The van der Waals surface area contributed by atoms with Crippen molar-refractivity contribution in [3.63, 3.8) is 0 Å². The molecule has 0 aromatic heterocycles. The van der Waals surface area contributed by atoms with Gasteiger partial charge in [-0.15, -0.1) is 0 Å². The summed E-state index contributed by atoms with van der Waals surface area (Å²) in [6.07, 6.45) is 1.72. The quantitative estimate of drug-likeness (QED) is 0.672. The first-order valence-corrected chi connectivity index (χ1v) is 5.57. The predicted octanol–water partition coefficient (Wildman–Crippen LogP) is 1.59. The predicted molar refractivity (Wildman–Crippen MR) is 64.9 cm³/mol. The number of hydrogen-bond donors (Lipinski definition) is 3. The van der Waals surface area contributed by atoms with Gasteiger partial charge in [-0.25, -0.2) is 9.18 Å². The number of carbonyl (C=O) groups is 2. The lowest BCUT2D eigenvalue weighted by Gasteiger charge is -2.06. The van der Waals surface area contributed by atoms with E-state index in [0.717, 1.165) is 18.6 Å². The molecule has 0 atom stereocenters. The van der Waals surface area contributed by atoms with Crippen LogP contribution in [0.15, 0.2) is 18.2 Å². The highest BCUT2D eigenvalue weighted by atomic mass is 19.1. The molecule has 1 rings (SSSR count). The molecule has 0 aliphatic heterocycles. The van der Waals surface area contributed by atoms with Gasteiger partial charge in [0.15, 0.2) is 0 Å². The second-order valence-electron chi connectivity index (χ2n) is 3.79. The molecular weight excluding hydrogens is 239 g/mol. The van der Waals surface area contributed by atoms with E-state index in [2.05, 4.69) is 5.32 Å². The summed E-state index contributed by atoms with van der Waals surface area (Å²) in [5.74, 6) is -2.46. The molecule has 0 spiro atoms. The van der Waals surface area contributed by atoms with Gasteiger partial charge in [-0.05, 0) is 37.6 Å². The number of unbranched alkanes of at least 4 members (excludes halogenated alkanes) is 1. The highest BCUT2D eigenvalue weighted by molar-refractivity contribution is 5.92. The van der Waals surface area contributed by atoms with E-state index >= 15 is 0 Å². The molecule has 1 aromatic carbocycles. The number of halogens is 1.